The van der Waals surface area contributed by atoms with Crippen LogP contribution in [-0.4, -0.2) is 41.0 Å². The Labute approximate surface area is 122 Å². The molecule has 1 aromatic rings. The van der Waals surface area contributed by atoms with Gasteiger partial charge in [-0.15, -0.1) is 0 Å². The van der Waals surface area contributed by atoms with Crippen LogP contribution in [0.4, 0.5) is 4.79 Å². The normalized spacial score (nSPS) is 16.6. The molecule has 1 saturated heterocycles. The van der Waals surface area contributed by atoms with E-state index in [1.54, 1.807) is 6.08 Å². The van der Waals surface area contributed by atoms with Gasteiger partial charge in [-0.25, -0.2) is 9.69 Å². The van der Waals surface area contributed by atoms with Gasteiger partial charge in [0.25, 0.3) is 5.91 Å². The molecule has 0 atom stereocenters. The highest BCUT2D eigenvalue weighted by Gasteiger charge is 2.35. The number of aryl methyl sites for hydroxylation is 1. The summed E-state index contributed by atoms with van der Waals surface area (Å²) in [6.07, 6.45) is 1.61. The zero-order valence-electron chi connectivity index (χ0n) is 12.4. The number of esters is 1. The molecule has 0 spiro atoms. The topological polar surface area (TPSA) is 80.6 Å². The van der Waals surface area contributed by atoms with Crippen LogP contribution in [0.25, 0.3) is 6.08 Å². The Hall–Kier alpha value is -2.57. The molecular formula is C14H17N3O4. The third kappa shape index (κ3) is 2.67. The van der Waals surface area contributed by atoms with Crippen molar-refractivity contribution in [3.63, 3.8) is 0 Å². The van der Waals surface area contributed by atoms with Gasteiger partial charge in [0, 0.05) is 18.4 Å². The standard InChI is InChI=1S/C14H17N3O4/c1-8-5-10(9(2)16(8)3)6-11-13(19)17(14(20)15-11)7-12(18)21-4/h5-6H,7H2,1-4H3,(H,15,20)/b11-6+. The summed E-state index contributed by atoms with van der Waals surface area (Å²) in [7, 11) is 3.12. The van der Waals surface area contributed by atoms with Gasteiger partial charge in [-0.05, 0) is 31.6 Å². The van der Waals surface area contributed by atoms with E-state index in [2.05, 4.69) is 10.1 Å². The Bertz CT molecular complexity index is 657. The first-order valence-corrected chi connectivity index (χ1v) is 6.39. The van der Waals surface area contributed by atoms with E-state index in [1.165, 1.54) is 7.11 Å². The fourth-order valence-electron chi connectivity index (χ4n) is 2.09. The van der Waals surface area contributed by atoms with Crippen molar-refractivity contribution in [2.75, 3.05) is 13.7 Å². The van der Waals surface area contributed by atoms with E-state index in [-0.39, 0.29) is 5.70 Å². The lowest BCUT2D eigenvalue weighted by Gasteiger charge is -2.08. The van der Waals surface area contributed by atoms with Gasteiger partial charge in [-0.3, -0.25) is 9.59 Å². The summed E-state index contributed by atoms with van der Waals surface area (Å²) in [5.41, 5.74) is 3.02. The van der Waals surface area contributed by atoms with Crippen molar-refractivity contribution in [1.29, 1.82) is 0 Å². The smallest absolute Gasteiger partial charge is 0.329 e. The Kier molecular flexibility index (Phi) is 3.84. The molecular weight excluding hydrogens is 274 g/mol. The molecule has 112 valence electrons. The molecule has 21 heavy (non-hydrogen) atoms. The summed E-state index contributed by atoms with van der Waals surface area (Å²) in [5, 5.41) is 2.47. The summed E-state index contributed by atoms with van der Waals surface area (Å²) in [5.74, 6) is -1.18. The van der Waals surface area contributed by atoms with Crippen molar-refractivity contribution in [1.82, 2.24) is 14.8 Å². The maximum absolute atomic E-state index is 12.1. The second-order valence-electron chi connectivity index (χ2n) is 4.84. The summed E-state index contributed by atoms with van der Waals surface area (Å²) in [6.45, 7) is 3.48. The van der Waals surface area contributed by atoms with Crippen LogP contribution < -0.4 is 5.32 Å². The molecule has 0 aliphatic carbocycles. The third-order valence-corrected chi connectivity index (χ3v) is 3.59. The lowest BCUT2D eigenvalue weighted by molar-refractivity contribution is -0.143. The van der Waals surface area contributed by atoms with Crippen LogP contribution in [-0.2, 0) is 21.4 Å². The average Bonchev–Trinajstić information content (AvgIpc) is 2.84. The van der Waals surface area contributed by atoms with Crippen molar-refractivity contribution in [2.24, 2.45) is 7.05 Å². The third-order valence-electron chi connectivity index (χ3n) is 3.59. The maximum Gasteiger partial charge on any atom is 0.329 e. The summed E-state index contributed by atoms with van der Waals surface area (Å²) in [6, 6.07) is 1.30. The number of methoxy groups -OCH3 is 1. The van der Waals surface area contributed by atoms with Gasteiger partial charge < -0.3 is 14.6 Å². The molecule has 3 amide bonds. The van der Waals surface area contributed by atoms with E-state index in [0.717, 1.165) is 21.9 Å². The molecule has 0 radical (unpaired) electrons. The number of hydrogen-bond donors (Lipinski definition) is 1. The average molecular weight is 291 g/mol. The number of carbonyl (C=O) groups is 3. The molecule has 1 aromatic heterocycles. The second kappa shape index (κ2) is 5.43. The van der Waals surface area contributed by atoms with E-state index in [9.17, 15) is 14.4 Å². The molecule has 7 heteroatoms. The van der Waals surface area contributed by atoms with Gasteiger partial charge in [0.1, 0.15) is 12.2 Å². The highest BCUT2D eigenvalue weighted by atomic mass is 16.5. The van der Waals surface area contributed by atoms with Crippen molar-refractivity contribution in [3.05, 3.63) is 28.7 Å². The summed E-state index contributed by atoms with van der Waals surface area (Å²) >= 11 is 0. The van der Waals surface area contributed by atoms with Gasteiger partial charge in [0.15, 0.2) is 0 Å². The number of amides is 3. The SMILES string of the molecule is COC(=O)CN1C(=O)N/C(=C/c2cc(C)n(C)c2C)C1=O. The van der Waals surface area contributed by atoms with Crippen LogP contribution in [0.15, 0.2) is 11.8 Å². The molecule has 1 N–H and O–H groups in total. The van der Waals surface area contributed by atoms with E-state index in [4.69, 9.17) is 0 Å². The number of aromatic nitrogens is 1. The molecule has 0 unspecified atom stereocenters. The minimum atomic E-state index is -0.647. The van der Waals surface area contributed by atoms with E-state index in [1.807, 2.05) is 31.5 Å². The first kappa shape index (κ1) is 14.8. The lowest BCUT2D eigenvalue weighted by atomic mass is 10.2. The number of nitrogens with one attached hydrogen (secondary N) is 1. The van der Waals surface area contributed by atoms with Crippen LogP contribution in [0.1, 0.15) is 17.0 Å². The minimum absolute atomic E-state index is 0.151. The first-order chi connectivity index (χ1) is 9.85. The number of urea groups is 1. The van der Waals surface area contributed by atoms with Crippen LogP contribution in [0.2, 0.25) is 0 Å². The first-order valence-electron chi connectivity index (χ1n) is 6.39. The second-order valence-corrected chi connectivity index (χ2v) is 4.84. The Morgan fingerprint density at radius 1 is 1.38 bits per heavy atom. The largest absolute Gasteiger partial charge is 0.468 e. The Balaban J connectivity index is 2.28. The van der Waals surface area contributed by atoms with Crippen molar-refractivity contribution >= 4 is 24.0 Å². The van der Waals surface area contributed by atoms with E-state index < -0.39 is 24.5 Å². The molecule has 0 bridgehead atoms. The minimum Gasteiger partial charge on any atom is -0.468 e. The zero-order valence-corrected chi connectivity index (χ0v) is 12.4. The fraction of sp³-hybridized carbons (Fsp3) is 0.357. The number of nitrogens with zero attached hydrogens (tertiary/aromatic N) is 2. The van der Waals surface area contributed by atoms with Crippen LogP contribution in [0.5, 0.6) is 0 Å². The summed E-state index contributed by atoms with van der Waals surface area (Å²) < 4.78 is 6.45. The van der Waals surface area contributed by atoms with Crippen LogP contribution in [0, 0.1) is 13.8 Å². The van der Waals surface area contributed by atoms with E-state index in [0.29, 0.717) is 0 Å². The highest BCUT2D eigenvalue weighted by Crippen LogP contribution is 2.19. The molecule has 1 aliphatic rings. The van der Waals surface area contributed by atoms with Crippen molar-refractivity contribution in [2.45, 2.75) is 13.8 Å². The molecule has 2 rings (SSSR count). The van der Waals surface area contributed by atoms with Gasteiger partial charge in [0.05, 0.1) is 7.11 Å². The lowest BCUT2D eigenvalue weighted by Crippen LogP contribution is -2.36. The fourth-order valence-corrected chi connectivity index (χ4v) is 2.09. The molecule has 0 aromatic carbocycles. The van der Waals surface area contributed by atoms with Gasteiger partial charge >= 0.3 is 12.0 Å². The van der Waals surface area contributed by atoms with Crippen LogP contribution >= 0.6 is 0 Å². The predicted molar refractivity (Wildman–Crippen MR) is 75.1 cm³/mol. The zero-order chi connectivity index (χ0) is 15.7. The van der Waals surface area contributed by atoms with E-state index >= 15 is 0 Å². The van der Waals surface area contributed by atoms with Gasteiger partial charge in [0.2, 0.25) is 0 Å². The van der Waals surface area contributed by atoms with Gasteiger partial charge in [-0.2, -0.15) is 0 Å². The van der Waals surface area contributed by atoms with Gasteiger partial charge in [-0.1, -0.05) is 0 Å². The van der Waals surface area contributed by atoms with Crippen LogP contribution in [0.3, 0.4) is 0 Å². The Morgan fingerprint density at radius 2 is 2.05 bits per heavy atom. The molecule has 0 saturated carbocycles. The number of rotatable bonds is 3. The highest BCUT2D eigenvalue weighted by molar-refractivity contribution is 6.15. The monoisotopic (exact) mass is 291 g/mol. The molecule has 1 fully saturated rings. The number of imide groups is 1. The predicted octanol–water partition coefficient (Wildman–Crippen LogP) is 0.708. The number of carbonyl (C=O) groups excluding carboxylic acids is 3. The number of hydrogen-bond acceptors (Lipinski definition) is 4. The summed E-state index contributed by atoms with van der Waals surface area (Å²) in [4.78, 5) is 35.9. The quantitative estimate of drug-likeness (QED) is 0.505. The molecule has 2 heterocycles. The molecule has 7 nitrogen and oxygen atoms in total. The Morgan fingerprint density at radius 3 is 2.57 bits per heavy atom. The maximum atomic E-state index is 12.1. The van der Waals surface area contributed by atoms with Crippen molar-refractivity contribution < 1.29 is 19.1 Å². The number of ether oxygens (including phenoxy) is 1. The molecule has 1 aliphatic heterocycles. The van der Waals surface area contributed by atoms with Crippen molar-refractivity contribution in [3.8, 4) is 0 Å².